The third kappa shape index (κ3) is 7.26. The van der Waals surface area contributed by atoms with Crippen molar-refractivity contribution in [1.82, 2.24) is 9.99 Å². The number of aryl methyl sites for hydroxylation is 2. The number of carbonyl (C=O) groups is 1. The van der Waals surface area contributed by atoms with Crippen LogP contribution in [0.3, 0.4) is 0 Å². The third-order valence-electron chi connectivity index (χ3n) is 6.33. The lowest BCUT2D eigenvalue weighted by atomic mass is 10.2. The van der Waals surface area contributed by atoms with E-state index in [9.17, 15) is 4.79 Å². The highest BCUT2D eigenvalue weighted by Gasteiger charge is 2.13. The van der Waals surface area contributed by atoms with Crippen molar-refractivity contribution in [3.8, 4) is 17.2 Å². The molecular formula is C32H26BrCl2N3O4. The van der Waals surface area contributed by atoms with E-state index < -0.39 is 5.91 Å². The lowest BCUT2D eigenvalue weighted by Gasteiger charge is -2.11. The maximum absolute atomic E-state index is 12.5. The van der Waals surface area contributed by atoms with Crippen molar-refractivity contribution in [3.05, 3.63) is 133 Å². The fourth-order valence-corrected chi connectivity index (χ4v) is 5.13. The summed E-state index contributed by atoms with van der Waals surface area (Å²) in [5.41, 5.74) is 7.38. The molecule has 2 heterocycles. The number of amides is 1. The van der Waals surface area contributed by atoms with Crippen LogP contribution in [0.25, 0.3) is 5.69 Å². The molecule has 0 aliphatic carbocycles. The number of benzene rings is 3. The number of nitrogens with zero attached hydrogens (tertiary/aromatic N) is 2. The summed E-state index contributed by atoms with van der Waals surface area (Å²) in [6.07, 6.45) is 1.43. The van der Waals surface area contributed by atoms with Crippen LogP contribution in [-0.4, -0.2) is 16.7 Å². The SMILES string of the molecule is Cc1ccc(C)n1-c1ccc(OCc2ccc(C(=O)N/N=C/c3cc(Cl)c(OCc4ccc(Br)cc4)c(Cl)c3)o2)cc1. The van der Waals surface area contributed by atoms with Gasteiger partial charge in [0.25, 0.3) is 0 Å². The molecule has 0 aliphatic rings. The predicted molar refractivity (Wildman–Crippen MR) is 168 cm³/mol. The minimum absolute atomic E-state index is 0.104. The van der Waals surface area contributed by atoms with Crippen molar-refractivity contribution in [2.24, 2.45) is 5.10 Å². The fourth-order valence-electron chi connectivity index (χ4n) is 4.25. The highest BCUT2D eigenvalue weighted by Crippen LogP contribution is 2.34. The van der Waals surface area contributed by atoms with Gasteiger partial charge in [0.1, 0.15) is 24.7 Å². The smallest absolute Gasteiger partial charge is 0.307 e. The molecule has 1 amide bonds. The zero-order valence-corrected chi connectivity index (χ0v) is 25.8. The Bertz CT molecular complexity index is 1690. The Morgan fingerprint density at radius 3 is 2.24 bits per heavy atom. The molecule has 0 bridgehead atoms. The minimum atomic E-state index is -0.508. The van der Waals surface area contributed by atoms with E-state index in [4.69, 9.17) is 37.1 Å². The van der Waals surface area contributed by atoms with Gasteiger partial charge in [0.15, 0.2) is 11.5 Å². The number of halogens is 3. The van der Waals surface area contributed by atoms with Gasteiger partial charge in [0, 0.05) is 21.5 Å². The molecule has 1 N–H and O–H groups in total. The van der Waals surface area contributed by atoms with E-state index in [1.165, 1.54) is 6.21 Å². The van der Waals surface area contributed by atoms with E-state index >= 15 is 0 Å². The summed E-state index contributed by atoms with van der Waals surface area (Å²) < 4.78 is 20.4. The van der Waals surface area contributed by atoms with Crippen LogP contribution >= 0.6 is 39.1 Å². The quantitative estimate of drug-likeness (QED) is 0.120. The Labute approximate surface area is 261 Å². The normalized spacial score (nSPS) is 11.2. The first-order chi connectivity index (χ1) is 20.3. The summed E-state index contributed by atoms with van der Waals surface area (Å²) in [6.45, 7) is 4.62. The second-order valence-corrected chi connectivity index (χ2v) is 11.2. The van der Waals surface area contributed by atoms with Crippen molar-refractivity contribution in [2.45, 2.75) is 27.1 Å². The monoisotopic (exact) mass is 665 g/mol. The van der Waals surface area contributed by atoms with Gasteiger partial charge in [-0.25, -0.2) is 5.43 Å². The van der Waals surface area contributed by atoms with Crippen LogP contribution in [0.5, 0.6) is 11.5 Å². The van der Waals surface area contributed by atoms with E-state index in [1.54, 1.807) is 24.3 Å². The molecule has 0 saturated carbocycles. The van der Waals surface area contributed by atoms with Gasteiger partial charge < -0.3 is 18.5 Å². The van der Waals surface area contributed by atoms with E-state index in [0.29, 0.717) is 39.5 Å². The maximum atomic E-state index is 12.5. The molecule has 5 rings (SSSR count). The van der Waals surface area contributed by atoms with E-state index in [2.05, 4.69) is 57.0 Å². The highest BCUT2D eigenvalue weighted by atomic mass is 79.9. The molecule has 0 unspecified atom stereocenters. The van der Waals surface area contributed by atoms with Crippen LogP contribution < -0.4 is 14.9 Å². The lowest BCUT2D eigenvalue weighted by Crippen LogP contribution is -2.16. The van der Waals surface area contributed by atoms with Crippen LogP contribution in [0.4, 0.5) is 0 Å². The number of aromatic nitrogens is 1. The van der Waals surface area contributed by atoms with Crippen LogP contribution in [0.2, 0.25) is 10.0 Å². The first kappa shape index (κ1) is 29.5. The Hall–Kier alpha value is -3.98. The highest BCUT2D eigenvalue weighted by molar-refractivity contribution is 9.10. The van der Waals surface area contributed by atoms with E-state index in [1.807, 2.05) is 48.5 Å². The summed E-state index contributed by atoms with van der Waals surface area (Å²) in [6, 6.07) is 26.3. The average Bonchev–Trinajstić information content (AvgIpc) is 3.59. The zero-order chi connectivity index (χ0) is 29.6. The predicted octanol–water partition coefficient (Wildman–Crippen LogP) is 8.68. The summed E-state index contributed by atoms with van der Waals surface area (Å²) in [5, 5.41) is 4.65. The minimum Gasteiger partial charge on any atom is -0.486 e. The van der Waals surface area contributed by atoms with Gasteiger partial charge in [-0.05, 0) is 97.8 Å². The molecule has 3 aromatic carbocycles. The topological polar surface area (TPSA) is 78.0 Å². The molecule has 2 aromatic heterocycles. The third-order valence-corrected chi connectivity index (χ3v) is 7.42. The summed E-state index contributed by atoms with van der Waals surface area (Å²) >= 11 is 16.2. The van der Waals surface area contributed by atoms with Crippen molar-refractivity contribution in [3.63, 3.8) is 0 Å². The standard InChI is InChI=1S/C32H26BrCl2N3O4/c1-20-3-4-21(2)38(20)25-9-11-26(12-10-25)40-19-27-13-14-30(42-27)32(39)37-36-17-23-15-28(34)31(29(35)16-23)41-18-22-5-7-24(33)8-6-22/h3-17H,18-19H2,1-2H3,(H,37,39)/b36-17+. The van der Waals surface area contributed by atoms with Gasteiger partial charge in [0.05, 0.1) is 16.3 Å². The van der Waals surface area contributed by atoms with Crippen molar-refractivity contribution < 1.29 is 18.7 Å². The zero-order valence-electron chi connectivity index (χ0n) is 22.7. The molecule has 7 nitrogen and oxygen atoms in total. The number of hydrazone groups is 1. The van der Waals surface area contributed by atoms with Crippen molar-refractivity contribution >= 4 is 51.3 Å². The molecule has 0 fully saturated rings. The number of ether oxygens (including phenoxy) is 2. The second kappa shape index (κ2) is 13.3. The molecule has 0 radical (unpaired) electrons. The van der Waals surface area contributed by atoms with Crippen molar-refractivity contribution in [1.29, 1.82) is 0 Å². The molecule has 0 atom stereocenters. The molecule has 0 spiro atoms. The molecule has 42 heavy (non-hydrogen) atoms. The second-order valence-electron chi connectivity index (χ2n) is 9.43. The Kier molecular flexibility index (Phi) is 9.37. The summed E-state index contributed by atoms with van der Waals surface area (Å²) in [5.74, 6) is 1.16. The molecule has 0 saturated heterocycles. The number of carbonyl (C=O) groups excluding carboxylic acids is 1. The molecule has 214 valence electrons. The van der Waals surface area contributed by atoms with Crippen molar-refractivity contribution in [2.75, 3.05) is 0 Å². The number of rotatable bonds is 10. The largest absolute Gasteiger partial charge is 0.486 e. The van der Waals surface area contributed by atoms with Gasteiger partial charge in [-0.15, -0.1) is 0 Å². The van der Waals surface area contributed by atoms with Gasteiger partial charge in [-0.1, -0.05) is 51.3 Å². The van der Waals surface area contributed by atoms with Gasteiger partial charge in [-0.3, -0.25) is 4.79 Å². The molecule has 10 heteroatoms. The summed E-state index contributed by atoms with van der Waals surface area (Å²) in [4.78, 5) is 12.5. The van der Waals surface area contributed by atoms with E-state index in [-0.39, 0.29) is 12.4 Å². The van der Waals surface area contributed by atoms with E-state index in [0.717, 1.165) is 27.1 Å². The number of nitrogens with one attached hydrogen (secondary N) is 1. The molecule has 0 aliphatic heterocycles. The Morgan fingerprint density at radius 1 is 0.905 bits per heavy atom. The Morgan fingerprint density at radius 2 is 1.57 bits per heavy atom. The van der Waals surface area contributed by atoms with Gasteiger partial charge >= 0.3 is 5.91 Å². The van der Waals surface area contributed by atoms with Crippen LogP contribution in [-0.2, 0) is 13.2 Å². The number of furan rings is 1. The van der Waals surface area contributed by atoms with Crippen LogP contribution in [0.15, 0.2) is 98.9 Å². The number of hydrogen-bond acceptors (Lipinski definition) is 5. The molecule has 5 aromatic rings. The number of hydrogen-bond donors (Lipinski definition) is 1. The Balaban J connectivity index is 1.12. The summed E-state index contributed by atoms with van der Waals surface area (Å²) in [7, 11) is 0. The van der Waals surface area contributed by atoms with Gasteiger partial charge in [0.2, 0.25) is 0 Å². The first-order valence-corrected chi connectivity index (χ1v) is 14.5. The van der Waals surface area contributed by atoms with Gasteiger partial charge in [-0.2, -0.15) is 5.10 Å². The van der Waals surface area contributed by atoms with Crippen LogP contribution in [0.1, 0.15) is 38.8 Å². The lowest BCUT2D eigenvalue weighted by molar-refractivity contribution is 0.0923. The maximum Gasteiger partial charge on any atom is 0.307 e. The molecular weight excluding hydrogens is 641 g/mol. The average molecular weight is 667 g/mol. The first-order valence-electron chi connectivity index (χ1n) is 12.9. The fraction of sp³-hybridized carbons (Fsp3) is 0.125. The van der Waals surface area contributed by atoms with Crippen LogP contribution in [0, 0.1) is 13.8 Å².